The lowest BCUT2D eigenvalue weighted by Gasteiger charge is -2.20. The molecule has 5 heteroatoms. The number of aryl methyl sites for hydroxylation is 1. The van der Waals surface area contributed by atoms with Crippen LogP contribution in [0.3, 0.4) is 0 Å². The van der Waals surface area contributed by atoms with E-state index in [1.165, 1.54) is 11.1 Å². The highest BCUT2D eigenvalue weighted by molar-refractivity contribution is 6.36. The second-order valence-corrected chi connectivity index (χ2v) is 5.13. The normalized spacial score (nSPS) is 10.3. The van der Waals surface area contributed by atoms with Crippen molar-refractivity contribution in [3.8, 4) is 0 Å². The lowest BCUT2D eigenvalue weighted by molar-refractivity contribution is 0.897. The lowest BCUT2D eigenvalue weighted by Crippen LogP contribution is -2.20. The quantitative estimate of drug-likeness (QED) is 0.671. The summed E-state index contributed by atoms with van der Waals surface area (Å²) < 4.78 is 0. The molecule has 0 radical (unpaired) electrons. The van der Waals surface area contributed by atoms with Crippen LogP contribution in [0.5, 0.6) is 0 Å². The summed E-state index contributed by atoms with van der Waals surface area (Å²) in [6.07, 6.45) is 1.61. The molecule has 1 aromatic heterocycles. The van der Waals surface area contributed by atoms with Crippen LogP contribution in [0.15, 0.2) is 36.5 Å². The summed E-state index contributed by atoms with van der Waals surface area (Å²) in [6, 6.07) is 9.95. The van der Waals surface area contributed by atoms with Gasteiger partial charge in [0.15, 0.2) is 0 Å². The van der Waals surface area contributed by atoms with Crippen LogP contribution in [0.2, 0.25) is 5.02 Å². The molecule has 104 valence electrons. The minimum atomic E-state index is -0.0533. The third kappa shape index (κ3) is 3.08. The number of pyridine rings is 1. The fraction of sp³-hybridized carbons (Fsp3) is 0.200. The van der Waals surface area contributed by atoms with Crippen LogP contribution in [0.25, 0.3) is 0 Å². The first-order chi connectivity index (χ1) is 9.49. The number of aromatic nitrogens is 1. The van der Waals surface area contributed by atoms with Gasteiger partial charge >= 0.3 is 0 Å². The fourth-order valence-electron chi connectivity index (χ4n) is 1.95. The topological polar surface area (TPSA) is 66.0 Å². The van der Waals surface area contributed by atoms with E-state index < -0.39 is 0 Å². The first-order valence-electron chi connectivity index (χ1n) is 6.24. The molecule has 4 nitrogen and oxygen atoms in total. The van der Waals surface area contributed by atoms with E-state index in [9.17, 15) is 0 Å². The molecule has 2 aromatic rings. The van der Waals surface area contributed by atoms with Crippen molar-refractivity contribution >= 4 is 23.3 Å². The van der Waals surface area contributed by atoms with Gasteiger partial charge in [-0.1, -0.05) is 41.4 Å². The van der Waals surface area contributed by atoms with Gasteiger partial charge in [0.25, 0.3) is 0 Å². The molecular weight excluding hydrogens is 272 g/mol. The zero-order chi connectivity index (χ0) is 14.7. The third-order valence-electron chi connectivity index (χ3n) is 3.06. The highest BCUT2D eigenvalue weighted by atomic mass is 35.5. The SMILES string of the molecule is Cc1ccc(CN(C)c2nccc(C(=N)N)c2Cl)cc1. The van der Waals surface area contributed by atoms with E-state index in [0.717, 1.165) is 0 Å². The monoisotopic (exact) mass is 288 g/mol. The van der Waals surface area contributed by atoms with Crippen LogP contribution in [-0.4, -0.2) is 17.9 Å². The van der Waals surface area contributed by atoms with Crippen LogP contribution in [0, 0.1) is 12.3 Å². The molecule has 0 aliphatic heterocycles. The Kier molecular flexibility index (Phi) is 4.25. The molecule has 0 fully saturated rings. The molecule has 0 spiro atoms. The number of nitrogen functional groups attached to an aromatic ring is 1. The average Bonchev–Trinajstić information content (AvgIpc) is 2.41. The van der Waals surface area contributed by atoms with Gasteiger partial charge in [-0.2, -0.15) is 0 Å². The maximum Gasteiger partial charge on any atom is 0.148 e. The molecule has 3 N–H and O–H groups in total. The molecule has 1 aromatic carbocycles. The molecule has 0 aliphatic carbocycles. The van der Waals surface area contributed by atoms with Gasteiger partial charge in [-0.25, -0.2) is 4.98 Å². The summed E-state index contributed by atoms with van der Waals surface area (Å²) in [4.78, 5) is 6.22. The van der Waals surface area contributed by atoms with Crippen molar-refractivity contribution < 1.29 is 0 Å². The lowest BCUT2D eigenvalue weighted by atomic mass is 10.1. The molecule has 20 heavy (non-hydrogen) atoms. The minimum absolute atomic E-state index is 0.0533. The Hall–Kier alpha value is -2.07. The summed E-state index contributed by atoms with van der Waals surface area (Å²) in [7, 11) is 1.91. The predicted octanol–water partition coefficient (Wildman–Crippen LogP) is 2.96. The van der Waals surface area contributed by atoms with Crippen LogP contribution >= 0.6 is 11.6 Å². The molecule has 0 bridgehead atoms. The highest BCUT2D eigenvalue weighted by Gasteiger charge is 2.13. The predicted molar refractivity (Wildman–Crippen MR) is 83.5 cm³/mol. The molecular formula is C15H17ClN4. The van der Waals surface area contributed by atoms with Gasteiger partial charge in [0.1, 0.15) is 11.7 Å². The number of nitrogens with two attached hydrogens (primary N) is 1. The zero-order valence-electron chi connectivity index (χ0n) is 11.5. The molecule has 2 rings (SSSR count). The van der Waals surface area contributed by atoms with Crippen molar-refractivity contribution in [3.63, 3.8) is 0 Å². The van der Waals surface area contributed by atoms with Crippen LogP contribution in [0.1, 0.15) is 16.7 Å². The molecule has 0 saturated carbocycles. The van der Waals surface area contributed by atoms with E-state index in [1.807, 2.05) is 11.9 Å². The van der Waals surface area contributed by atoms with Gasteiger partial charge in [-0.3, -0.25) is 5.41 Å². The summed E-state index contributed by atoms with van der Waals surface area (Å²) in [5.41, 5.74) is 8.41. The maximum absolute atomic E-state index is 7.51. The number of amidine groups is 1. The van der Waals surface area contributed by atoms with E-state index >= 15 is 0 Å². The number of anilines is 1. The Morgan fingerprint density at radius 3 is 2.55 bits per heavy atom. The smallest absolute Gasteiger partial charge is 0.148 e. The maximum atomic E-state index is 7.51. The minimum Gasteiger partial charge on any atom is -0.384 e. The Bertz CT molecular complexity index is 622. The number of halogens is 1. The van der Waals surface area contributed by atoms with Gasteiger partial charge in [0, 0.05) is 25.4 Å². The summed E-state index contributed by atoms with van der Waals surface area (Å²) >= 11 is 6.27. The molecule has 0 atom stereocenters. The van der Waals surface area contributed by atoms with Gasteiger partial charge in [0.05, 0.1) is 5.02 Å². The van der Waals surface area contributed by atoms with Gasteiger partial charge < -0.3 is 10.6 Å². The average molecular weight is 289 g/mol. The van der Waals surface area contributed by atoms with Crippen molar-refractivity contribution in [2.75, 3.05) is 11.9 Å². The van der Waals surface area contributed by atoms with E-state index in [-0.39, 0.29) is 5.84 Å². The molecule has 0 saturated heterocycles. The number of hydrogen-bond donors (Lipinski definition) is 2. The number of rotatable bonds is 4. The first kappa shape index (κ1) is 14.3. The number of benzene rings is 1. The zero-order valence-corrected chi connectivity index (χ0v) is 12.3. The Morgan fingerprint density at radius 1 is 1.30 bits per heavy atom. The van der Waals surface area contributed by atoms with Crippen LogP contribution in [0.4, 0.5) is 5.82 Å². The van der Waals surface area contributed by atoms with Crippen LogP contribution in [-0.2, 0) is 6.54 Å². The van der Waals surface area contributed by atoms with Gasteiger partial charge in [-0.15, -0.1) is 0 Å². The summed E-state index contributed by atoms with van der Waals surface area (Å²) in [6.45, 7) is 2.75. The standard InChI is InChI=1S/C15H17ClN4/c1-10-3-5-11(6-4-10)9-20(2)15-13(16)12(14(17)18)7-8-19-15/h3-8H,9H2,1-2H3,(H3,17,18). The van der Waals surface area contributed by atoms with E-state index in [4.69, 9.17) is 22.7 Å². The van der Waals surface area contributed by atoms with Crippen molar-refractivity contribution in [1.82, 2.24) is 4.98 Å². The van der Waals surface area contributed by atoms with E-state index in [2.05, 4.69) is 36.2 Å². The van der Waals surface area contributed by atoms with Crippen molar-refractivity contribution in [2.24, 2.45) is 5.73 Å². The molecule has 0 amide bonds. The van der Waals surface area contributed by atoms with Gasteiger partial charge in [0.2, 0.25) is 0 Å². The third-order valence-corrected chi connectivity index (χ3v) is 3.44. The van der Waals surface area contributed by atoms with Crippen molar-refractivity contribution in [3.05, 3.63) is 58.2 Å². The second kappa shape index (κ2) is 5.92. The largest absolute Gasteiger partial charge is 0.384 e. The summed E-state index contributed by atoms with van der Waals surface area (Å²) in [5, 5.41) is 7.92. The number of nitrogens with one attached hydrogen (secondary N) is 1. The van der Waals surface area contributed by atoms with E-state index in [1.54, 1.807) is 12.3 Å². The van der Waals surface area contributed by atoms with E-state index in [0.29, 0.717) is 22.9 Å². The Balaban J connectivity index is 2.25. The summed E-state index contributed by atoms with van der Waals surface area (Å²) in [5.74, 6) is 0.572. The van der Waals surface area contributed by atoms with Gasteiger partial charge in [-0.05, 0) is 18.6 Å². The van der Waals surface area contributed by atoms with Crippen LogP contribution < -0.4 is 10.6 Å². The van der Waals surface area contributed by atoms with Crippen molar-refractivity contribution in [1.29, 1.82) is 5.41 Å². The fourth-order valence-corrected chi connectivity index (χ4v) is 2.31. The second-order valence-electron chi connectivity index (χ2n) is 4.75. The Labute approximate surface area is 123 Å². The first-order valence-corrected chi connectivity index (χ1v) is 6.62. The Morgan fingerprint density at radius 2 is 1.95 bits per heavy atom. The molecule has 0 unspecified atom stereocenters. The number of nitrogens with zero attached hydrogens (tertiary/aromatic N) is 2. The molecule has 1 heterocycles. The highest BCUT2D eigenvalue weighted by Crippen LogP contribution is 2.26. The van der Waals surface area contributed by atoms with Crippen molar-refractivity contribution in [2.45, 2.75) is 13.5 Å². The number of hydrogen-bond acceptors (Lipinski definition) is 3. The molecule has 0 aliphatic rings.